The lowest BCUT2D eigenvalue weighted by molar-refractivity contribution is -0.113. The fourth-order valence-corrected chi connectivity index (χ4v) is 3.43. The zero-order valence-electron chi connectivity index (χ0n) is 11.2. The van der Waals surface area contributed by atoms with Crippen LogP contribution in [0.5, 0.6) is 0 Å². The maximum absolute atomic E-state index is 12.8. The van der Waals surface area contributed by atoms with Crippen LogP contribution >= 0.6 is 23.1 Å². The van der Waals surface area contributed by atoms with Crippen molar-refractivity contribution in [3.8, 4) is 0 Å². The van der Waals surface area contributed by atoms with Gasteiger partial charge in [0.15, 0.2) is 11.2 Å². The highest BCUT2D eigenvalue weighted by atomic mass is 32.2. The highest BCUT2D eigenvalue weighted by molar-refractivity contribution is 8.00. The van der Waals surface area contributed by atoms with Crippen molar-refractivity contribution < 1.29 is 14.0 Å². The number of rotatable bonds is 5. The molecule has 0 aliphatic carbocycles. The molecule has 22 heavy (non-hydrogen) atoms. The number of anilines is 1. The summed E-state index contributed by atoms with van der Waals surface area (Å²) < 4.78 is 14.5. The van der Waals surface area contributed by atoms with Crippen molar-refractivity contribution in [2.24, 2.45) is 0 Å². The topological polar surface area (TPSA) is 63.5 Å². The number of nitrogens with zero attached hydrogens (tertiary/aromatic N) is 2. The molecule has 0 atom stereocenters. The van der Waals surface area contributed by atoms with Gasteiger partial charge in [-0.2, -0.15) is 0 Å². The molecule has 2 aromatic heterocycles. The number of aldehydes is 1. The molecule has 1 amide bonds. The lowest BCUT2D eigenvalue weighted by Crippen LogP contribution is -2.14. The Morgan fingerprint density at radius 1 is 1.41 bits per heavy atom. The van der Waals surface area contributed by atoms with Crippen molar-refractivity contribution in [2.45, 2.75) is 5.03 Å². The van der Waals surface area contributed by atoms with Crippen molar-refractivity contribution in [3.63, 3.8) is 0 Å². The van der Waals surface area contributed by atoms with E-state index in [1.165, 1.54) is 47.4 Å². The highest BCUT2D eigenvalue weighted by Crippen LogP contribution is 2.24. The first-order valence-corrected chi connectivity index (χ1v) is 8.13. The van der Waals surface area contributed by atoms with E-state index in [9.17, 15) is 14.0 Å². The van der Waals surface area contributed by atoms with Crippen molar-refractivity contribution in [3.05, 3.63) is 47.4 Å². The maximum Gasteiger partial charge on any atom is 0.234 e. The number of aromatic nitrogens is 2. The van der Waals surface area contributed by atoms with Gasteiger partial charge in [0, 0.05) is 17.3 Å². The van der Waals surface area contributed by atoms with Gasteiger partial charge in [0.1, 0.15) is 16.5 Å². The van der Waals surface area contributed by atoms with Gasteiger partial charge < -0.3 is 5.32 Å². The van der Waals surface area contributed by atoms with E-state index in [4.69, 9.17) is 0 Å². The van der Waals surface area contributed by atoms with Crippen LogP contribution < -0.4 is 5.32 Å². The number of fused-ring (bicyclic) bond motifs is 1. The zero-order valence-corrected chi connectivity index (χ0v) is 12.8. The van der Waals surface area contributed by atoms with Crippen LogP contribution in [0.3, 0.4) is 0 Å². The standard InChI is InChI=1S/C14H10FN3O2S2/c15-9-1-3-10(4-2-9)16-12(20)8-22-13-11(7-19)18-5-6-21-14(18)17-13/h1-7H,8H2,(H,16,20). The Kier molecular flexibility index (Phi) is 4.21. The predicted molar refractivity (Wildman–Crippen MR) is 84.2 cm³/mol. The molecule has 0 radical (unpaired) electrons. The fourth-order valence-electron chi connectivity index (χ4n) is 1.86. The van der Waals surface area contributed by atoms with Crippen LogP contribution in [0.25, 0.3) is 4.96 Å². The first-order valence-electron chi connectivity index (χ1n) is 6.26. The van der Waals surface area contributed by atoms with E-state index in [-0.39, 0.29) is 17.5 Å². The van der Waals surface area contributed by atoms with Crippen molar-refractivity contribution in [2.75, 3.05) is 11.1 Å². The summed E-state index contributed by atoms with van der Waals surface area (Å²) in [5, 5.41) is 5.02. The summed E-state index contributed by atoms with van der Waals surface area (Å²) in [7, 11) is 0. The van der Waals surface area contributed by atoms with Crippen molar-refractivity contribution in [1.82, 2.24) is 9.38 Å². The first-order chi connectivity index (χ1) is 10.7. The molecule has 1 N–H and O–H groups in total. The zero-order chi connectivity index (χ0) is 15.5. The van der Waals surface area contributed by atoms with E-state index >= 15 is 0 Å². The van der Waals surface area contributed by atoms with Crippen LogP contribution in [0.2, 0.25) is 0 Å². The molecule has 2 heterocycles. The fraction of sp³-hybridized carbons (Fsp3) is 0.0714. The number of thioether (sulfide) groups is 1. The predicted octanol–water partition coefficient (Wildman–Crippen LogP) is 3.08. The van der Waals surface area contributed by atoms with Crippen molar-refractivity contribution >= 4 is 45.9 Å². The largest absolute Gasteiger partial charge is 0.325 e. The number of carbonyl (C=O) groups excluding carboxylic acids is 2. The lowest BCUT2D eigenvalue weighted by Gasteiger charge is -2.04. The molecule has 112 valence electrons. The summed E-state index contributed by atoms with van der Waals surface area (Å²) in [5.74, 6) is -0.492. The minimum absolute atomic E-state index is 0.114. The van der Waals surface area contributed by atoms with Gasteiger partial charge in [0.25, 0.3) is 0 Å². The van der Waals surface area contributed by atoms with Crippen LogP contribution in [-0.2, 0) is 4.79 Å². The number of hydrogen-bond acceptors (Lipinski definition) is 5. The van der Waals surface area contributed by atoms with Gasteiger partial charge in [-0.1, -0.05) is 11.8 Å². The average molecular weight is 335 g/mol. The monoisotopic (exact) mass is 335 g/mol. The quantitative estimate of drug-likeness (QED) is 0.575. The molecule has 0 saturated carbocycles. The van der Waals surface area contributed by atoms with Crippen LogP contribution in [0, 0.1) is 5.82 Å². The molecule has 0 aliphatic heterocycles. The SMILES string of the molecule is O=Cc1c(SCC(=O)Nc2ccc(F)cc2)nc2sccn12. The molecule has 8 heteroatoms. The number of carbonyl (C=O) groups is 2. The summed E-state index contributed by atoms with van der Waals surface area (Å²) in [6, 6.07) is 5.52. The molecule has 1 aromatic carbocycles. The Morgan fingerprint density at radius 3 is 2.91 bits per heavy atom. The number of benzene rings is 1. The second-order valence-electron chi connectivity index (χ2n) is 4.32. The van der Waals surface area contributed by atoms with E-state index in [2.05, 4.69) is 10.3 Å². The van der Waals surface area contributed by atoms with Crippen molar-refractivity contribution in [1.29, 1.82) is 0 Å². The molecular weight excluding hydrogens is 325 g/mol. The molecule has 3 rings (SSSR count). The molecule has 0 unspecified atom stereocenters. The highest BCUT2D eigenvalue weighted by Gasteiger charge is 2.14. The third-order valence-corrected chi connectivity index (χ3v) is 4.58. The summed E-state index contributed by atoms with van der Waals surface area (Å²) >= 11 is 2.61. The molecule has 0 saturated heterocycles. The van der Waals surface area contributed by atoms with Crippen LogP contribution in [0.4, 0.5) is 10.1 Å². The second-order valence-corrected chi connectivity index (χ2v) is 6.16. The van der Waals surface area contributed by atoms with Gasteiger partial charge in [0.05, 0.1) is 5.75 Å². The van der Waals surface area contributed by atoms with Gasteiger partial charge in [0.2, 0.25) is 5.91 Å². The second kappa shape index (κ2) is 6.29. The number of hydrogen-bond donors (Lipinski definition) is 1. The number of nitrogens with one attached hydrogen (secondary N) is 1. The van der Waals surface area contributed by atoms with E-state index in [0.29, 0.717) is 21.4 Å². The third-order valence-electron chi connectivity index (χ3n) is 2.84. The van der Waals surface area contributed by atoms with E-state index in [1.54, 1.807) is 10.6 Å². The molecular formula is C14H10FN3O2S2. The first kappa shape index (κ1) is 14.7. The van der Waals surface area contributed by atoms with Crippen LogP contribution in [0.1, 0.15) is 10.5 Å². The van der Waals surface area contributed by atoms with Crippen LogP contribution in [0.15, 0.2) is 40.9 Å². The minimum Gasteiger partial charge on any atom is -0.325 e. The summed E-state index contributed by atoms with van der Waals surface area (Å²) in [4.78, 5) is 28.1. The summed E-state index contributed by atoms with van der Waals surface area (Å²) in [5.41, 5.74) is 0.962. The Hall–Kier alpha value is -2.19. The maximum atomic E-state index is 12.8. The minimum atomic E-state index is -0.360. The Labute approximate surface area is 133 Å². The molecule has 5 nitrogen and oxygen atoms in total. The normalized spacial score (nSPS) is 10.8. The molecule has 3 aromatic rings. The van der Waals surface area contributed by atoms with Gasteiger partial charge in [-0.05, 0) is 24.3 Å². The van der Waals surface area contributed by atoms with E-state index < -0.39 is 0 Å². The van der Waals surface area contributed by atoms with Gasteiger partial charge in [-0.15, -0.1) is 11.3 Å². The number of amides is 1. The number of imidazole rings is 1. The van der Waals surface area contributed by atoms with E-state index in [0.717, 1.165) is 6.29 Å². The molecule has 0 bridgehead atoms. The molecule has 0 aliphatic rings. The van der Waals surface area contributed by atoms with E-state index in [1.807, 2.05) is 5.38 Å². The lowest BCUT2D eigenvalue weighted by atomic mass is 10.3. The summed E-state index contributed by atoms with van der Waals surface area (Å²) in [6.07, 6.45) is 2.49. The average Bonchev–Trinajstić information content (AvgIpc) is 3.07. The smallest absolute Gasteiger partial charge is 0.234 e. The number of halogens is 1. The number of thiazole rings is 1. The van der Waals surface area contributed by atoms with Gasteiger partial charge in [-0.3, -0.25) is 14.0 Å². The summed E-state index contributed by atoms with van der Waals surface area (Å²) in [6.45, 7) is 0. The molecule has 0 fully saturated rings. The van der Waals surface area contributed by atoms with Gasteiger partial charge in [-0.25, -0.2) is 9.37 Å². The van der Waals surface area contributed by atoms with Crippen LogP contribution in [-0.4, -0.2) is 27.3 Å². The Morgan fingerprint density at radius 2 is 2.18 bits per heavy atom. The third kappa shape index (κ3) is 3.02. The Bertz CT molecular complexity index is 826. The Balaban J connectivity index is 1.65. The molecule has 0 spiro atoms. The van der Waals surface area contributed by atoms with Gasteiger partial charge >= 0.3 is 0 Å².